The molecule has 0 saturated heterocycles. The summed E-state index contributed by atoms with van der Waals surface area (Å²) >= 11 is 5.91. The second kappa shape index (κ2) is 4.65. The Kier molecular flexibility index (Phi) is 3.34. The van der Waals surface area contributed by atoms with Gasteiger partial charge in [0, 0.05) is 12.1 Å². The van der Waals surface area contributed by atoms with Crippen LogP contribution in [0.15, 0.2) is 18.2 Å². The van der Waals surface area contributed by atoms with Crippen LogP contribution in [0, 0.1) is 17.5 Å². The summed E-state index contributed by atoms with van der Waals surface area (Å²) in [5.41, 5.74) is 0.426. The number of aromatic nitrogens is 2. The van der Waals surface area contributed by atoms with E-state index in [2.05, 4.69) is 5.10 Å². The van der Waals surface area contributed by atoms with Crippen molar-refractivity contribution in [1.29, 1.82) is 0 Å². The second-order valence-corrected chi connectivity index (χ2v) is 4.56. The molecule has 0 radical (unpaired) electrons. The minimum Gasteiger partial charge on any atom is -0.219 e. The Morgan fingerprint density at radius 1 is 1.06 bits per heavy atom. The molecule has 18 heavy (non-hydrogen) atoms. The Morgan fingerprint density at radius 3 is 2.22 bits per heavy atom. The zero-order chi connectivity index (χ0) is 13.4. The third kappa shape index (κ3) is 2.22. The fourth-order valence-electron chi connectivity index (χ4n) is 1.50. The molecule has 1 aromatic heterocycles. The van der Waals surface area contributed by atoms with Crippen LogP contribution in [0.2, 0.25) is 5.15 Å². The van der Waals surface area contributed by atoms with Crippen molar-refractivity contribution in [2.24, 2.45) is 0 Å². The largest absolute Gasteiger partial charge is 0.219 e. The van der Waals surface area contributed by atoms with E-state index in [1.165, 1.54) is 0 Å². The molecule has 0 saturated carbocycles. The summed E-state index contributed by atoms with van der Waals surface area (Å²) in [4.78, 5) is 0. The molecule has 6 heteroatoms. The maximum absolute atomic E-state index is 13.6. The van der Waals surface area contributed by atoms with Crippen LogP contribution in [-0.2, 0) is 0 Å². The highest BCUT2D eigenvalue weighted by molar-refractivity contribution is 6.29. The summed E-state index contributed by atoms with van der Waals surface area (Å²) in [6.07, 6.45) is 0. The van der Waals surface area contributed by atoms with E-state index < -0.39 is 17.5 Å². The number of hydrogen-bond donors (Lipinski definition) is 0. The van der Waals surface area contributed by atoms with Gasteiger partial charge in [0.1, 0.15) is 10.8 Å². The first-order chi connectivity index (χ1) is 8.40. The third-order valence-corrected chi connectivity index (χ3v) is 2.76. The van der Waals surface area contributed by atoms with Crippen molar-refractivity contribution >= 4 is 11.6 Å². The molecule has 0 bridgehead atoms. The van der Waals surface area contributed by atoms with Crippen LogP contribution in [0.1, 0.15) is 25.5 Å². The van der Waals surface area contributed by atoms with Crippen molar-refractivity contribution in [3.05, 3.63) is 46.5 Å². The van der Waals surface area contributed by atoms with Gasteiger partial charge >= 0.3 is 0 Å². The number of nitrogens with zero attached hydrogens (tertiary/aromatic N) is 2. The summed E-state index contributed by atoms with van der Waals surface area (Å²) < 4.78 is 40.6. The number of hydrogen-bond acceptors (Lipinski definition) is 1. The summed E-state index contributed by atoms with van der Waals surface area (Å²) in [6, 6.07) is 2.76. The molecule has 2 nitrogen and oxygen atoms in total. The van der Waals surface area contributed by atoms with Crippen LogP contribution in [-0.4, -0.2) is 9.78 Å². The lowest BCUT2D eigenvalue weighted by molar-refractivity contribution is 0.491. The monoisotopic (exact) mass is 274 g/mol. The number of rotatable bonds is 2. The highest BCUT2D eigenvalue weighted by atomic mass is 35.5. The van der Waals surface area contributed by atoms with E-state index in [0.717, 1.165) is 10.7 Å². The van der Waals surface area contributed by atoms with Crippen molar-refractivity contribution in [2.75, 3.05) is 0 Å². The maximum atomic E-state index is 13.6. The molecule has 2 rings (SSSR count). The van der Waals surface area contributed by atoms with Crippen LogP contribution in [0.3, 0.4) is 0 Å². The van der Waals surface area contributed by atoms with Gasteiger partial charge in [-0.3, -0.25) is 0 Å². The molecule has 0 N–H and O–H groups in total. The first-order valence-electron chi connectivity index (χ1n) is 5.30. The zero-order valence-corrected chi connectivity index (χ0v) is 10.5. The molecular formula is C12H10ClF3N2. The van der Waals surface area contributed by atoms with Crippen LogP contribution in [0.5, 0.6) is 0 Å². The van der Waals surface area contributed by atoms with Crippen LogP contribution < -0.4 is 0 Å². The smallest absolute Gasteiger partial charge is 0.161 e. The van der Waals surface area contributed by atoms with Gasteiger partial charge in [0.05, 0.1) is 5.69 Å². The molecule has 96 valence electrons. The van der Waals surface area contributed by atoms with E-state index in [1.807, 2.05) is 13.8 Å². The minimum atomic E-state index is -1.25. The van der Waals surface area contributed by atoms with E-state index in [-0.39, 0.29) is 16.8 Å². The highest BCUT2D eigenvalue weighted by Gasteiger charge is 2.16. The average molecular weight is 275 g/mol. The van der Waals surface area contributed by atoms with Crippen molar-refractivity contribution < 1.29 is 13.2 Å². The third-order valence-electron chi connectivity index (χ3n) is 2.49. The Morgan fingerprint density at radius 2 is 1.67 bits per heavy atom. The molecule has 1 aromatic carbocycles. The van der Waals surface area contributed by atoms with Gasteiger partial charge in [-0.25, -0.2) is 17.9 Å². The van der Waals surface area contributed by atoms with Crippen LogP contribution in [0.4, 0.5) is 13.2 Å². The van der Waals surface area contributed by atoms with E-state index in [4.69, 9.17) is 11.6 Å². The van der Waals surface area contributed by atoms with Gasteiger partial charge in [-0.15, -0.1) is 0 Å². The lowest BCUT2D eigenvalue weighted by atomic mass is 10.1. The highest BCUT2D eigenvalue weighted by Crippen LogP contribution is 2.24. The molecule has 0 amide bonds. The minimum absolute atomic E-state index is 0.0945. The molecular weight excluding hydrogens is 265 g/mol. The molecule has 0 aliphatic heterocycles. The van der Waals surface area contributed by atoms with Gasteiger partial charge in [0.2, 0.25) is 0 Å². The Labute approximate surface area is 107 Å². The topological polar surface area (TPSA) is 17.8 Å². The van der Waals surface area contributed by atoms with E-state index in [0.29, 0.717) is 11.8 Å². The van der Waals surface area contributed by atoms with E-state index in [1.54, 1.807) is 6.07 Å². The average Bonchev–Trinajstić information content (AvgIpc) is 2.66. The van der Waals surface area contributed by atoms with Gasteiger partial charge in [-0.05, 0) is 12.0 Å². The molecule has 2 aromatic rings. The van der Waals surface area contributed by atoms with Gasteiger partial charge in [-0.1, -0.05) is 25.4 Å². The lowest BCUT2D eigenvalue weighted by Gasteiger charge is -2.05. The summed E-state index contributed by atoms with van der Waals surface area (Å²) in [6.45, 7) is 3.79. The fourth-order valence-corrected chi connectivity index (χ4v) is 1.74. The Bertz CT molecular complexity index is 593. The predicted molar refractivity (Wildman–Crippen MR) is 62.5 cm³/mol. The Hall–Kier alpha value is -1.49. The molecule has 0 aliphatic carbocycles. The quantitative estimate of drug-likeness (QED) is 0.755. The maximum Gasteiger partial charge on any atom is 0.161 e. The van der Waals surface area contributed by atoms with Crippen molar-refractivity contribution in [1.82, 2.24) is 9.78 Å². The summed E-state index contributed by atoms with van der Waals surface area (Å²) in [7, 11) is 0. The van der Waals surface area contributed by atoms with Gasteiger partial charge < -0.3 is 0 Å². The molecule has 0 spiro atoms. The van der Waals surface area contributed by atoms with Gasteiger partial charge in [0.15, 0.2) is 17.5 Å². The fraction of sp³-hybridized carbons (Fsp3) is 0.250. The molecule has 0 fully saturated rings. The molecule has 1 heterocycles. The number of halogens is 4. The van der Waals surface area contributed by atoms with Crippen LogP contribution >= 0.6 is 11.6 Å². The van der Waals surface area contributed by atoms with E-state index >= 15 is 0 Å². The molecule has 0 atom stereocenters. The van der Waals surface area contributed by atoms with Gasteiger partial charge in [0.25, 0.3) is 0 Å². The first-order valence-corrected chi connectivity index (χ1v) is 5.68. The van der Waals surface area contributed by atoms with Crippen molar-refractivity contribution in [2.45, 2.75) is 19.8 Å². The molecule has 0 aliphatic rings. The normalized spacial score (nSPS) is 11.3. The Balaban J connectivity index is 2.58. The summed E-state index contributed by atoms with van der Waals surface area (Å²) in [5.74, 6) is -3.22. The lowest BCUT2D eigenvalue weighted by Crippen LogP contribution is -2.03. The first kappa shape index (κ1) is 13.0. The van der Waals surface area contributed by atoms with E-state index in [9.17, 15) is 13.2 Å². The van der Waals surface area contributed by atoms with Crippen molar-refractivity contribution in [3.8, 4) is 5.69 Å². The SMILES string of the molecule is CC(C)c1cc(Cl)n(-c2cc(F)c(F)cc2F)n1. The zero-order valence-electron chi connectivity index (χ0n) is 9.72. The predicted octanol–water partition coefficient (Wildman–Crippen LogP) is 4.07. The summed E-state index contributed by atoms with van der Waals surface area (Å²) in [5, 5.41) is 4.21. The van der Waals surface area contributed by atoms with Crippen molar-refractivity contribution in [3.63, 3.8) is 0 Å². The standard InChI is InChI=1S/C12H10ClF3N2/c1-6(2)10-5-12(13)18(17-10)11-4-8(15)7(14)3-9(11)16/h3-6H,1-2H3. The van der Waals surface area contributed by atoms with Gasteiger partial charge in [-0.2, -0.15) is 5.10 Å². The second-order valence-electron chi connectivity index (χ2n) is 4.18. The molecule has 0 unspecified atom stereocenters. The number of benzene rings is 1. The van der Waals surface area contributed by atoms with Crippen LogP contribution in [0.25, 0.3) is 5.69 Å².